The Labute approximate surface area is 138 Å². The van der Waals surface area contributed by atoms with Crippen LogP contribution in [0.5, 0.6) is 0 Å². The number of aromatic nitrogens is 3. The summed E-state index contributed by atoms with van der Waals surface area (Å²) in [6.07, 6.45) is 1.21. The highest BCUT2D eigenvalue weighted by molar-refractivity contribution is 7.99. The molecule has 3 rings (SSSR count). The van der Waals surface area contributed by atoms with Crippen molar-refractivity contribution in [3.05, 3.63) is 17.5 Å². The maximum Gasteiger partial charge on any atom is 0.233 e. The Kier molecular flexibility index (Phi) is 4.83. The Hall–Kier alpha value is -1.34. The number of thioether (sulfide) groups is 1. The topological polar surface area (TPSA) is 61.9 Å². The Bertz CT molecular complexity index is 615. The average Bonchev–Trinajstić information content (AvgIpc) is 3.14. The van der Waals surface area contributed by atoms with Crippen LogP contribution in [0.1, 0.15) is 20.3 Å². The minimum absolute atomic E-state index is 0.186. The third-order valence-electron chi connectivity index (χ3n) is 3.77. The molecule has 0 unspecified atom stereocenters. The van der Waals surface area contributed by atoms with Crippen molar-refractivity contribution in [2.75, 3.05) is 18.8 Å². The second-order valence-electron chi connectivity index (χ2n) is 5.98. The van der Waals surface area contributed by atoms with Gasteiger partial charge in [0.1, 0.15) is 0 Å². The lowest BCUT2D eigenvalue weighted by molar-refractivity contribution is -0.130. The van der Waals surface area contributed by atoms with Crippen LogP contribution < -0.4 is 0 Å². The van der Waals surface area contributed by atoms with E-state index in [1.54, 1.807) is 11.3 Å². The molecule has 2 aromatic rings. The summed E-state index contributed by atoms with van der Waals surface area (Å²) in [5.74, 6) is 2.54. The number of H-pyrrole nitrogens is 1. The van der Waals surface area contributed by atoms with Crippen molar-refractivity contribution in [3.63, 3.8) is 0 Å². The summed E-state index contributed by atoms with van der Waals surface area (Å²) in [6, 6.07) is 3.98. The molecule has 3 heterocycles. The highest BCUT2D eigenvalue weighted by atomic mass is 32.2. The second kappa shape index (κ2) is 6.83. The number of thiophene rings is 1. The van der Waals surface area contributed by atoms with Gasteiger partial charge in [0.25, 0.3) is 0 Å². The molecular weight excluding hydrogens is 316 g/mol. The molecule has 22 heavy (non-hydrogen) atoms. The maximum absolute atomic E-state index is 12.3. The number of amides is 1. The van der Waals surface area contributed by atoms with Crippen LogP contribution in [-0.4, -0.2) is 44.8 Å². The van der Waals surface area contributed by atoms with E-state index in [0.717, 1.165) is 23.8 Å². The molecule has 7 heteroatoms. The van der Waals surface area contributed by atoms with Crippen LogP contribution in [0.2, 0.25) is 0 Å². The molecule has 2 atom stereocenters. The standard InChI is InChI=1S/C15H20N4OS2/c1-10-6-11(2)8-19(7-10)13(20)9-22-15-16-14(17-18-15)12-4-3-5-21-12/h3-5,10-11H,6-9H2,1-2H3,(H,16,17,18)/t10-,11+. The van der Waals surface area contributed by atoms with Gasteiger partial charge in [-0.3, -0.25) is 9.89 Å². The molecule has 1 aliphatic heterocycles. The predicted octanol–water partition coefficient (Wildman–Crippen LogP) is 3.13. The van der Waals surface area contributed by atoms with Crippen LogP contribution in [0.25, 0.3) is 10.7 Å². The van der Waals surface area contributed by atoms with Gasteiger partial charge in [-0.2, -0.15) is 0 Å². The summed E-state index contributed by atoms with van der Waals surface area (Å²) in [5.41, 5.74) is 0. The lowest BCUT2D eigenvalue weighted by Gasteiger charge is -2.34. The van der Waals surface area contributed by atoms with Gasteiger partial charge in [0.05, 0.1) is 10.6 Å². The zero-order chi connectivity index (χ0) is 15.5. The van der Waals surface area contributed by atoms with Crippen LogP contribution in [0.4, 0.5) is 0 Å². The highest BCUT2D eigenvalue weighted by Crippen LogP contribution is 2.25. The Morgan fingerprint density at radius 2 is 2.23 bits per heavy atom. The van der Waals surface area contributed by atoms with Gasteiger partial charge >= 0.3 is 0 Å². The van der Waals surface area contributed by atoms with Crippen molar-refractivity contribution in [1.29, 1.82) is 0 Å². The van der Waals surface area contributed by atoms with Gasteiger partial charge in [0.15, 0.2) is 5.82 Å². The predicted molar refractivity (Wildman–Crippen MR) is 89.9 cm³/mol. The molecule has 1 amide bonds. The third-order valence-corrected chi connectivity index (χ3v) is 5.47. The van der Waals surface area contributed by atoms with Crippen molar-refractivity contribution in [2.24, 2.45) is 11.8 Å². The molecule has 1 N–H and O–H groups in total. The number of likely N-dealkylation sites (tertiary alicyclic amines) is 1. The van der Waals surface area contributed by atoms with Gasteiger partial charge in [-0.1, -0.05) is 31.7 Å². The van der Waals surface area contributed by atoms with Crippen molar-refractivity contribution in [1.82, 2.24) is 20.1 Å². The van der Waals surface area contributed by atoms with Gasteiger partial charge in [-0.15, -0.1) is 16.4 Å². The molecule has 5 nitrogen and oxygen atoms in total. The smallest absolute Gasteiger partial charge is 0.233 e. The molecular formula is C15H20N4OS2. The van der Waals surface area contributed by atoms with Crippen LogP contribution in [0, 0.1) is 11.8 Å². The Balaban J connectivity index is 1.55. The molecule has 1 saturated heterocycles. The van der Waals surface area contributed by atoms with Gasteiger partial charge in [-0.05, 0) is 29.7 Å². The minimum atomic E-state index is 0.186. The summed E-state index contributed by atoms with van der Waals surface area (Å²) < 4.78 is 0. The molecule has 0 saturated carbocycles. The lowest BCUT2D eigenvalue weighted by Crippen LogP contribution is -2.43. The van der Waals surface area contributed by atoms with Crippen molar-refractivity contribution in [2.45, 2.75) is 25.4 Å². The zero-order valence-corrected chi connectivity index (χ0v) is 14.4. The van der Waals surface area contributed by atoms with E-state index in [4.69, 9.17) is 0 Å². The van der Waals surface area contributed by atoms with Crippen molar-refractivity contribution < 1.29 is 4.79 Å². The Morgan fingerprint density at radius 1 is 1.45 bits per heavy atom. The lowest BCUT2D eigenvalue weighted by atomic mass is 9.92. The fourth-order valence-electron chi connectivity index (χ4n) is 2.92. The average molecular weight is 336 g/mol. The fourth-order valence-corrected chi connectivity index (χ4v) is 4.28. The summed E-state index contributed by atoms with van der Waals surface area (Å²) in [4.78, 5) is 19.8. The first-order chi connectivity index (χ1) is 10.6. The number of carbonyl (C=O) groups excluding carboxylic acids is 1. The van der Waals surface area contributed by atoms with Crippen molar-refractivity contribution >= 4 is 29.0 Å². The van der Waals surface area contributed by atoms with E-state index in [2.05, 4.69) is 29.0 Å². The van der Waals surface area contributed by atoms with Gasteiger partial charge in [0.2, 0.25) is 11.1 Å². The first-order valence-corrected chi connectivity index (χ1v) is 9.35. The molecule has 1 aliphatic rings. The summed E-state index contributed by atoms with van der Waals surface area (Å²) in [7, 11) is 0. The molecule has 2 aromatic heterocycles. The quantitative estimate of drug-likeness (QED) is 0.871. The summed E-state index contributed by atoms with van der Waals surface area (Å²) in [5, 5.41) is 9.75. The first kappa shape index (κ1) is 15.6. The molecule has 1 fully saturated rings. The number of piperidine rings is 1. The highest BCUT2D eigenvalue weighted by Gasteiger charge is 2.25. The molecule has 0 radical (unpaired) electrons. The van der Waals surface area contributed by atoms with E-state index >= 15 is 0 Å². The van der Waals surface area contributed by atoms with Crippen LogP contribution in [0.15, 0.2) is 22.7 Å². The van der Waals surface area contributed by atoms with E-state index in [0.29, 0.717) is 22.7 Å². The fraction of sp³-hybridized carbons (Fsp3) is 0.533. The monoisotopic (exact) mass is 336 g/mol. The zero-order valence-electron chi connectivity index (χ0n) is 12.8. The number of hydrogen-bond acceptors (Lipinski definition) is 5. The van der Waals surface area contributed by atoms with Crippen LogP contribution >= 0.6 is 23.1 Å². The number of carbonyl (C=O) groups is 1. The molecule has 118 valence electrons. The van der Waals surface area contributed by atoms with Crippen LogP contribution in [0.3, 0.4) is 0 Å². The van der Waals surface area contributed by atoms with Crippen molar-refractivity contribution in [3.8, 4) is 10.7 Å². The van der Waals surface area contributed by atoms with Crippen LogP contribution in [-0.2, 0) is 4.79 Å². The number of aromatic amines is 1. The van der Waals surface area contributed by atoms with E-state index in [1.165, 1.54) is 18.2 Å². The third kappa shape index (κ3) is 3.70. The maximum atomic E-state index is 12.3. The van der Waals surface area contributed by atoms with E-state index in [9.17, 15) is 4.79 Å². The summed E-state index contributed by atoms with van der Waals surface area (Å²) >= 11 is 3.02. The number of hydrogen-bond donors (Lipinski definition) is 1. The largest absolute Gasteiger partial charge is 0.341 e. The molecule has 0 aliphatic carbocycles. The molecule has 0 spiro atoms. The van der Waals surface area contributed by atoms with Gasteiger partial charge < -0.3 is 4.90 Å². The number of nitrogens with zero attached hydrogens (tertiary/aromatic N) is 3. The Morgan fingerprint density at radius 3 is 2.91 bits per heavy atom. The van der Waals surface area contributed by atoms with Gasteiger partial charge in [-0.25, -0.2) is 4.98 Å². The second-order valence-corrected chi connectivity index (χ2v) is 7.87. The molecule has 0 aromatic carbocycles. The van der Waals surface area contributed by atoms with E-state index in [-0.39, 0.29) is 5.91 Å². The number of rotatable bonds is 4. The summed E-state index contributed by atoms with van der Waals surface area (Å²) in [6.45, 7) is 6.17. The van der Waals surface area contributed by atoms with E-state index in [1.807, 2.05) is 22.4 Å². The van der Waals surface area contributed by atoms with E-state index < -0.39 is 0 Å². The minimum Gasteiger partial charge on any atom is -0.341 e. The number of nitrogens with one attached hydrogen (secondary N) is 1. The normalized spacial score (nSPS) is 22.0. The first-order valence-electron chi connectivity index (χ1n) is 7.48. The molecule has 0 bridgehead atoms. The van der Waals surface area contributed by atoms with Gasteiger partial charge in [0, 0.05) is 13.1 Å². The SMILES string of the molecule is C[C@@H]1C[C@H](C)CN(C(=O)CSc2n[nH]c(-c3cccs3)n2)C1.